The molecule has 0 aliphatic heterocycles. The molecule has 0 saturated carbocycles. The van der Waals surface area contributed by atoms with Gasteiger partial charge in [0.25, 0.3) is 5.91 Å². The molecule has 1 N–H and O–H groups in total. The lowest BCUT2D eigenvalue weighted by Gasteiger charge is -2.22. The summed E-state index contributed by atoms with van der Waals surface area (Å²) < 4.78 is 45.3. The summed E-state index contributed by atoms with van der Waals surface area (Å²) >= 11 is 0. The lowest BCUT2D eigenvalue weighted by molar-refractivity contribution is -0.137. The fraction of sp³-hybridized carbons (Fsp3) is 0.241. The van der Waals surface area contributed by atoms with Crippen LogP contribution in [0.2, 0.25) is 0 Å². The first kappa shape index (κ1) is 26.2. The largest absolute Gasteiger partial charge is 0.447 e. The van der Waals surface area contributed by atoms with Crippen LogP contribution in [-0.2, 0) is 25.8 Å². The average molecular weight is 508 g/mol. The van der Waals surface area contributed by atoms with Crippen molar-refractivity contribution in [3.63, 3.8) is 0 Å². The molecule has 0 aliphatic rings. The number of halogens is 3. The molecule has 1 heterocycles. The molecule has 1 amide bonds. The summed E-state index contributed by atoms with van der Waals surface area (Å²) in [5.41, 5.74) is 3.04. The van der Waals surface area contributed by atoms with Crippen molar-refractivity contribution in [2.24, 2.45) is 0 Å². The number of aryl methyl sites for hydroxylation is 1. The van der Waals surface area contributed by atoms with Gasteiger partial charge in [0.15, 0.2) is 5.69 Å². The van der Waals surface area contributed by atoms with Gasteiger partial charge in [-0.15, -0.1) is 0 Å². The topological polar surface area (TPSA) is 58.4 Å². The summed E-state index contributed by atoms with van der Waals surface area (Å²) in [4.78, 5) is 19.0. The van der Waals surface area contributed by atoms with Crippen molar-refractivity contribution in [2.45, 2.75) is 45.7 Å². The van der Waals surface area contributed by atoms with Crippen molar-refractivity contribution in [1.29, 1.82) is 0 Å². The van der Waals surface area contributed by atoms with Gasteiger partial charge < -0.3 is 9.73 Å². The van der Waals surface area contributed by atoms with Gasteiger partial charge in [-0.25, -0.2) is 4.98 Å². The van der Waals surface area contributed by atoms with Crippen LogP contribution < -0.4 is 5.32 Å². The SMILES string of the molecule is Cc1ccc(CN(Cc2cccc(C(F)(F)F)c2)Cc2nc(C(=O)N[C@@H](C)c3ccccc3)co2)cc1. The molecule has 3 aromatic carbocycles. The van der Waals surface area contributed by atoms with E-state index in [0.29, 0.717) is 18.0 Å². The first-order chi connectivity index (χ1) is 17.7. The highest BCUT2D eigenvalue weighted by Gasteiger charge is 2.30. The number of carbonyl (C=O) groups is 1. The van der Waals surface area contributed by atoms with Gasteiger partial charge in [-0.1, -0.05) is 78.4 Å². The lowest BCUT2D eigenvalue weighted by atomic mass is 10.1. The Morgan fingerprint density at radius 3 is 2.35 bits per heavy atom. The molecular formula is C29H28F3N3O2. The highest BCUT2D eigenvalue weighted by molar-refractivity contribution is 5.92. The van der Waals surface area contributed by atoms with E-state index in [9.17, 15) is 18.0 Å². The molecule has 0 fully saturated rings. The highest BCUT2D eigenvalue weighted by Crippen LogP contribution is 2.30. The smallest absolute Gasteiger partial charge is 0.416 e. The van der Waals surface area contributed by atoms with Crippen LogP contribution in [0.4, 0.5) is 13.2 Å². The van der Waals surface area contributed by atoms with Gasteiger partial charge in [-0.3, -0.25) is 9.69 Å². The molecule has 4 aromatic rings. The number of nitrogens with zero attached hydrogens (tertiary/aromatic N) is 2. The zero-order valence-corrected chi connectivity index (χ0v) is 20.6. The normalized spacial score (nSPS) is 12.5. The first-order valence-electron chi connectivity index (χ1n) is 11.9. The number of amides is 1. The van der Waals surface area contributed by atoms with Crippen LogP contribution in [0.25, 0.3) is 0 Å². The molecule has 0 unspecified atom stereocenters. The molecule has 1 atom stereocenters. The van der Waals surface area contributed by atoms with Crippen LogP contribution in [0.15, 0.2) is 89.5 Å². The maximum atomic E-state index is 13.2. The Kier molecular flexibility index (Phi) is 8.08. The number of benzene rings is 3. The van der Waals surface area contributed by atoms with Crippen LogP contribution in [0, 0.1) is 6.92 Å². The van der Waals surface area contributed by atoms with Crippen LogP contribution in [0.5, 0.6) is 0 Å². The predicted octanol–water partition coefficient (Wildman–Crippen LogP) is 6.70. The molecule has 192 valence electrons. The minimum atomic E-state index is -4.42. The van der Waals surface area contributed by atoms with Crippen LogP contribution in [0.3, 0.4) is 0 Å². The van der Waals surface area contributed by atoms with Crippen molar-refractivity contribution >= 4 is 5.91 Å². The molecule has 0 saturated heterocycles. The van der Waals surface area contributed by atoms with Crippen LogP contribution in [-0.4, -0.2) is 15.8 Å². The van der Waals surface area contributed by atoms with Gasteiger partial charge in [0.1, 0.15) is 6.26 Å². The zero-order chi connectivity index (χ0) is 26.4. The van der Waals surface area contributed by atoms with Gasteiger partial charge in [-0.05, 0) is 36.6 Å². The van der Waals surface area contributed by atoms with E-state index >= 15 is 0 Å². The number of oxazole rings is 1. The van der Waals surface area contributed by atoms with Crippen molar-refractivity contribution in [2.75, 3.05) is 0 Å². The maximum Gasteiger partial charge on any atom is 0.416 e. The van der Waals surface area contributed by atoms with E-state index in [1.165, 1.54) is 12.3 Å². The fourth-order valence-corrected chi connectivity index (χ4v) is 4.00. The average Bonchev–Trinajstić information content (AvgIpc) is 3.34. The van der Waals surface area contributed by atoms with E-state index in [2.05, 4.69) is 10.3 Å². The van der Waals surface area contributed by atoms with E-state index in [-0.39, 0.29) is 30.7 Å². The molecule has 0 aliphatic carbocycles. The van der Waals surface area contributed by atoms with E-state index in [1.54, 1.807) is 6.07 Å². The third-order valence-electron chi connectivity index (χ3n) is 5.98. The number of nitrogens with one attached hydrogen (secondary N) is 1. The summed E-state index contributed by atoms with van der Waals surface area (Å²) in [5.74, 6) is -0.0640. The van der Waals surface area contributed by atoms with Gasteiger partial charge in [0.05, 0.1) is 18.2 Å². The number of hydrogen-bond donors (Lipinski definition) is 1. The number of alkyl halides is 3. The second kappa shape index (κ2) is 11.4. The predicted molar refractivity (Wildman–Crippen MR) is 134 cm³/mol. The summed E-state index contributed by atoms with van der Waals surface area (Å²) in [6.45, 7) is 4.79. The number of rotatable bonds is 9. The standard InChI is InChI=1S/C29H28F3N3O2/c1-20-11-13-22(14-12-20)16-35(17-23-7-6-10-25(15-23)29(30,31)32)18-27-34-26(19-37-27)28(36)33-21(2)24-8-4-3-5-9-24/h3-15,19,21H,16-18H2,1-2H3,(H,33,36)/t21-/m0/s1. The number of carbonyl (C=O) groups excluding carboxylic acids is 1. The lowest BCUT2D eigenvalue weighted by Crippen LogP contribution is -2.27. The third-order valence-corrected chi connectivity index (χ3v) is 5.98. The molecule has 0 radical (unpaired) electrons. The Hall–Kier alpha value is -3.91. The summed E-state index contributed by atoms with van der Waals surface area (Å²) in [7, 11) is 0. The van der Waals surface area contributed by atoms with E-state index in [4.69, 9.17) is 4.42 Å². The Morgan fingerprint density at radius 1 is 0.946 bits per heavy atom. The Labute approximate surface area is 214 Å². The molecule has 8 heteroatoms. The van der Waals surface area contributed by atoms with E-state index in [1.807, 2.05) is 73.3 Å². The second-order valence-electron chi connectivity index (χ2n) is 9.06. The summed E-state index contributed by atoms with van der Waals surface area (Å²) in [5, 5.41) is 2.90. The monoisotopic (exact) mass is 507 g/mol. The molecule has 4 rings (SSSR count). The Bertz CT molecular complexity index is 1320. The minimum absolute atomic E-state index is 0.145. The van der Waals surface area contributed by atoms with Crippen LogP contribution >= 0.6 is 0 Å². The van der Waals surface area contributed by atoms with Gasteiger partial charge in [-0.2, -0.15) is 13.2 Å². The number of aromatic nitrogens is 1. The van der Waals surface area contributed by atoms with Crippen molar-refractivity contribution in [3.05, 3.63) is 125 Å². The van der Waals surface area contributed by atoms with Gasteiger partial charge >= 0.3 is 6.18 Å². The third kappa shape index (κ3) is 7.30. The molecule has 0 bridgehead atoms. The first-order valence-corrected chi connectivity index (χ1v) is 11.9. The molecule has 0 spiro atoms. The minimum Gasteiger partial charge on any atom is -0.447 e. The van der Waals surface area contributed by atoms with Gasteiger partial charge in [0, 0.05) is 13.1 Å². The Morgan fingerprint density at radius 2 is 1.65 bits per heavy atom. The molecule has 5 nitrogen and oxygen atoms in total. The van der Waals surface area contributed by atoms with E-state index in [0.717, 1.165) is 28.8 Å². The summed E-state index contributed by atoms with van der Waals surface area (Å²) in [6, 6.07) is 22.6. The maximum absolute atomic E-state index is 13.2. The second-order valence-corrected chi connectivity index (χ2v) is 9.06. The highest BCUT2D eigenvalue weighted by atomic mass is 19.4. The summed E-state index contributed by atoms with van der Waals surface area (Å²) in [6.07, 6.45) is -3.11. The van der Waals surface area contributed by atoms with Gasteiger partial charge in [0.2, 0.25) is 5.89 Å². The molecular weight excluding hydrogens is 479 g/mol. The van der Waals surface area contributed by atoms with Crippen molar-refractivity contribution in [3.8, 4) is 0 Å². The zero-order valence-electron chi connectivity index (χ0n) is 20.6. The quantitative estimate of drug-likeness (QED) is 0.274. The molecule has 1 aromatic heterocycles. The van der Waals surface area contributed by atoms with Crippen molar-refractivity contribution in [1.82, 2.24) is 15.2 Å². The Balaban J connectivity index is 1.49. The van der Waals surface area contributed by atoms with Crippen molar-refractivity contribution < 1.29 is 22.4 Å². The molecule has 37 heavy (non-hydrogen) atoms. The van der Waals surface area contributed by atoms with E-state index < -0.39 is 11.7 Å². The van der Waals surface area contributed by atoms with Crippen LogP contribution in [0.1, 0.15) is 57.2 Å². The fourth-order valence-electron chi connectivity index (χ4n) is 4.00. The number of hydrogen-bond acceptors (Lipinski definition) is 4.